The highest BCUT2D eigenvalue weighted by molar-refractivity contribution is 6.25. The number of amides is 2. The summed E-state index contributed by atoms with van der Waals surface area (Å²) in [4.78, 5) is 43.4. The maximum Gasteiger partial charge on any atom is 0.261 e. The summed E-state index contributed by atoms with van der Waals surface area (Å²) >= 11 is 0. The van der Waals surface area contributed by atoms with Gasteiger partial charge in [0.25, 0.3) is 11.8 Å². The zero-order valence-electron chi connectivity index (χ0n) is 24.0. The van der Waals surface area contributed by atoms with Crippen LogP contribution in [0.15, 0.2) is 71.5 Å². The second-order valence-corrected chi connectivity index (χ2v) is 11.1. The fourth-order valence-corrected chi connectivity index (χ4v) is 6.18. The molecular weight excluding hydrogens is 564 g/mol. The molecule has 6 aromatic rings. The molecule has 0 bridgehead atoms. The number of fused-ring (bicyclic) bond motifs is 2. The van der Waals surface area contributed by atoms with E-state index < -0.39 is 0 Å². The summed E-state index contributed by atoms with van der Waals surface area (Å²) in [7, 11) is 2.04. The van der Waals surface area contributed by atoms with E-state index >= 15 is 0 Å². The number of benzene rings is 4. The average Bonchev–Trinajstić information content (AvgIpc) is 3.43. The van der Waals surface area contributed by atoms with Gasteiger partial charge in [0.05, 0.1) is 10.9 Å². The number of pyridine rings is 1. The lowest BCUT2D eigenvalue weighted by atomic mass is 9.94. The van der Waals surface area contributed by atoms with E-state index in [2.05, 4.69) is 20.5 Å². The maximum absolute atomic E-state index is 13.6. The van der Waals surface area contributed by atoms with Gasteiger partial charge in [-0.2, -0.15) is 0 Å². The van der Waals surface area contributed by atoms with Crippen molar-refractivity contribution in [1.82, 2.24) is 24.6 Å². The summed E-state index contributed by atoms with van der Waals surface area (Å²) in [5.74, 6) is -0.443. The summed E-state index contributed by atoms with van der Waals surface area (Å²) in [6, 6.07) is 20.8. The van der Waals surface area contributed by atoms with Crippen LogP contribution in [-0.2, 0) is 0 Å². The van der Waals surface area contributed by atoms with Crippen LogP contribution in [-0.4, -0.2) is 69.7 Å². The van der Waals surface area contributed by atoms with Gasteiger partial charge in [-0.1, -0.05) is 41.1 Å². The monoisotopic (exact) mass is 594 g/mol. The summed E-state index contributed by atoms with van der Waals surface area (Å²) < 4.78 is 1.76. The fourth-order valence-electron chi connectivity index (χ4n) is 6.18. The highest BCUT2D eigenvalue weighted by atomic mass is 35.5. The van der Waals surface area contributed by atoms with Crippen LogP contribution in [0.2, 0.25) is 0 Å². The van der Waals surface area contributed by atoms with Crippen molar-refractivity contribution in [2.45, 2.75) is 19.8 Å². The van der Waals surface area contributed by atoms with E-state index in [-0.39, 0.29) is 29.7 Å². The van der Waals surface area contributed by atoms with Gasteiger partial charge in [0.2, 0.25) is 0 Å². The first-order valence-corrected chi connectivity index (χ1v) is 14.3. The quantitative estimate of drug-likeness (QED) is 0.141. The van der Waals surface area contributed by atoms with E-state index in [1.165, 1.54) is 4.90 Å². The maximum atomic E-state index is 13.6. The minimum absolute atomic E-state index is 0. The molecule has 9 nitrogen and oxygen atoms in total. The van der Waals surface area contributed by atoms with Crippen LogP contribution in [0.25, 0.3) is 38.1 Å². The Kier molecular flexibility index (Phi) is 7.45. The van der Waals surface area contributed by atoms with Gasteiger partial charge in [0.1, 0.15) is 11.0 Å². The summed E-state index contributed by atoms with van der Waals surface area (Å²) in [5, 5.41) is 15.0. The van der Waals surface area contributed by atoms with E-state index in [0.717, 1.165) is 52.6 Å². The molecule has 0 spiro atoms. The Morgan fingerprint density at radius 2 is 1.58 bits per heavy atom. The number of carbonyl (C=O) groups is 2. The van der Waals surface area contributed by atoms with Crippen molar-refractivity contribution in [2.75, 3.05) is 38.5 Å². The molecule has 1 N–H and O–H groups in total. The van der Waals surface area contributed by atoms with Crippen molar-refractivity contribution in [1.29, 1.82) is 0 Å². The van der Waals surface area contributed by atoms with Gasteiger partial charge in [-0.05, 0) is 81.7 Å². The van der Waals surface area contributed by atoms with Crippen LogP contribution in [0.3, 0.4) is 0 Å². The smallest absolute Gasteiger partial charge is 0.261 e. The Morgan fingerprint density at radius 1 is 0.860 bits per heavy atom. The first-order chi connectivity index (χ1) is 20.4. The van der Waals surface area contributed by atoms with Crippen molar-refractivity contribution in [2.24, 2.45) is 0 Å². The first kappa shape index (κ1) is 28.5. The molecule has 218 valence electrons. The number of anilines is 1. The molecule has 43 heavy (non-hydrogen) atoms. The first-order valence-electron chi connectivity index (χ1n) is 14.3. The normalized spacial score (nSPS) is 13.1. The number of nitrogens with one attached hydrogen (secondary N) is 1. The van der Waals surface area contributed by atoms with E-state index in [1.807, 2.05) is 68.6 Å². The lowest BCUT2D eigenvalue weighted by molar-refractivity contribution is 0.0605. The Labute approximate surface area is 253 Å². The predicted octanol–water partition coefficient (Wildman–Crippen LogP) is 5.14. The third-order valence-corrected chi connectivity index (χ3v) is 8.27. The number of nitrogens with zero attached hydrogens (tertiary/aromatic N) is 5. The minimum atomic E-state index is -0.221. The Balaban J connectivity index is 0.00000329. The van der Waals surface area contributed by atoms with Crippen LogP contribution in [0.5, 0.6) is 0 Å². The molecule has 0 radical (unpaired) electrons. The second-order valence-electron chi connectivity index (χ2n) is 11.1. The SMILES string of the molecule is Cc1ccc2c(c1)c(=O)c1c(NCCCN(C)CCCN3C(=O)c4cccc5cccc(c45)C3=O)ccc3nnn2c31.Cl. The van der Waals surface area contributed by atoms with E-state index in [0.29, 0.717) is 46.9 Å². The molecule has 4 aromatic carbocycles. The lowest BCUT2D eigenvalue weighted by Gasteiger charge is -2.28. The molecule has 1 aliphatic heterocycles. The minimum Gasteiger partial charge on any atom is -0.384 e. The van der Waals surface area contributed by atoms with Gasteiger partial charge in [0.15, 0.2) is 5.43 Å². The zero-order valence-corrected chi connectivity index (χ0v) is 24.8. The van der Waals surface area contributed by atoms with E-state index in [4.69, 9.17) is 0 Å². The van der Waals surface area contributed by atoms with Gasteiger partial charge >= 0.3 is 0 Å². The highest BCUT2D eigenvalue weighted by Crippen LogP contribution is 2.30. The number of imide groups is 1. The predicted molar refractivity (Wildman–Crippen MR) is 172 cm³/mol. The molecule has 0 atom stereocenters. The molecule has 0 fully saturated rings. The molecule has 0 saturated carbocycles. The molecular formula is C33H31ClN6O3. The van der Waals surface area contributed by atoms with Crippen LogP contribution in [0, 0.1) is 6.92 Å². The zero-order chi connectivity index (χ0) is 29.0. The van der Waals surface area contributed by atoms with Crippen molar-refractivity contribution in [3.8, 4) is 0 Å². The Morgan fingerprint density at radius 3 is 2.33 bits per heavy atom. The van der Waals surface area contributed by atoms with Gasteiger partial charge in [-0.15, -0.1) is 17.5 Å². The molecule has 3 heterocycles. The van der Waals surface area contributed by atoms with E-state index in [1.54, 1.807) is 16.6 Å². The third-order valence-electron chi connectivity index (χ3n) is 8.27. The highest BCUT2D eigenvalue weighted by Gasteiger charge is 2.32. The number of aromatic nitrogens is 3. The van der Waals surface area contributed by atoms with Crippen molar-refractivity contribution in [3.05, 3.63) is 93.6 Å². The molecule has 2 amide bonds. The van der Waals surface area contributed by atoms with Crippen LogP contribution < -0.4 is 10.7 Å². The molecule has 0 saturated heterocycles. The molecule has 7 rings (SSSR count). The summed E-state index contributed by atoms with van der Waals surface area (Å²) in [5.41, 5.74) is 5.16. The number of hydrogen-bond donors (Lipinski definition) is 1. The molecule has 1 aliphatic rings. The van der Waals surface area contributed by atoms with Crippen LogP contribution in [0.4, 0.5) is 5.69 Å². The number of rotatable bonds is 9. The molecule has 10 heteroatoms. The number of aryl methyl sites for hydroxylation is 1. The fraction of sp³-hybridized carbons (Fsp3) is 0.242. The van der Waals surface area contributed by atoms with E-state index in [9.17, 15) is 14.4 Å². The summed E-state index contributed by atoms with van der Waals surface area (Å²) in [6.07, 6.45) is 1.54. The average molecular weight is 595 g/mol. The number of carbonyl (C=O) groups excluding carboxylic acids is 2. The third kappa shape index (κ3) is 4.74. The van der Waals surface area contributed by atoms with Crippen molar-refractivity contribution >= 4 is 68.0 Å². The van der Waals surface area contributed by atoms with Crippen LogP contribution >= 0.6 is 12.4 Å². The topological polar surface area (TPSA) is 99.9 Å². The largest absolute Gasteiger partial charge is 0.384 e. The number of hydrogen-bond acceptors (Lipinski definition) is 7. The second kappa shape index (κ2) is 11.2. The van der Waals surface area contributed by atoms with Crippen molar-refractivity contribution in [3.63, 3.8) is 0 Å². The standard InChI is InChI=1S/C33H30N6O3.ClH/c1-20-11-14-27-24(19-20)31(40)29-25(12-13-26-30(29)39(27)36-35-26)34-15-5-16-37(2)17-6-18-38-32(41)22-9-3-7-21-8-4-10-23(28(21)22)33(38)42;/h3-4,7-14,19,34H,5-6,15-18H2,1-2H3;1H. The van der Waals surface area contributed by atoms with Crippen LogP contribution in [0.1, 0.15) is 39.1 Å². The Bertz CT molecular complexity index is 2040. The Hall–Kier alpha value is -4.60. The summed E-state index contributed by atoms with van der Waals surface area (Å²) in [6.45, 7) is 4.60. The molecule has 2 aromatic heterocycles. The molecule has 0 unspecified atom stereocenters. The van der Waals surface area contributed by atoms with Crippen molar-refractivity contribution < 1.29 is 9.59 Å². The van der Waals surface area contributed by atoms with Gasteiger partial charge in [-0.3, -0.25) is 19.3 Å². The number of halogens is 1. The van der Waals surface area contributed by atoms with Gasteiger partial charge < -0.3 is 10.2 Å². The van der Waals surface area contributed by atoms with Gasteiger partial charge in [0, 0.05) is 40.7 Å². The van der Waals surface area contributed by atoms with Gasteiger partial charge in [-0.25, -0.2) is 4.52 Å². The lowest BCUT2D eigenvalue weighted by Crippen LogP contribution is -2.41. The molecule has 0 aliphatic carbocycles.